The van der Waals surface area contributed by atoms with Crippen LogP contribution in [0.3, 0.4) is 0 Å². The normalized spacial score (nSPS) is 21.7. The van der Waals surface area contributed by atoms with Crippen molar-refractivity contribution < 1.29 is 4.39 Å². The molecule has 1 atom stereocenters. The molecule has 1 saturated heterocycles. The second-order valence-corrected chi connectivity index (χ2v) is 5.74. The first kappa shape index (κ1) is 13.6. The van der Waals surface area contributed by atoms with Crippen LogP contribution >= 0.6 is 11.6 Å². The average Bonchev–Trinajstić information content (AvgIpc) is 2.33. The van der Waals surface area contributed by atoms with E-state index < -0.39 is 0 Å². The molecule has 0 unspecified atom stereocenters. The van der Waals surface area contributed by atoms with Crippen LogP contribution in [0.2, 0.25) is 5.02 Å². The SMILES string of the molecule is CC(C)[C@H]1CN(c2ccc(Cl)c(F)c2)CCN1C. The van der Waals surface area contributed by atoms with Gasteiger partial charge in [-0.05, 0) is 31.2 Å². The molecule has 0 saturated carbocycles. The van der Waals surface area contributed by atoms with Crippen molar-refractivity contribution in [2.75, 3.05) is 31.6 Å². The summed E-state index contributed by atoms with van der Waals surface area (Å²) in [5.41, 5.74) is 0.927. The summed E-state index contributed by atoms with van der Waals surface area (Å²) in [6, 6.07) is 5.58. The minimum absolute atomic E-state index is 0.188. The van der Waals surface area contributed by atoms with Crippen molar-refractivity contribution in [1.82, 2.24) is 4.90 Å². The van der Waals surface area contributed by atoms with E-state index in [1.54, 1.807) is 6.07 Å². The second kappa shape index (κ2) is 5.45. The van der Waals surface area contributed by atoms with Crippen LogP contribution in [0.15, 0.2) is 18.2 Å². The lowest BCUT2D eigenvalue weighted by atomic mass is 10.00. The highest BCUT2D eigenvalue weighted by Gasteiger charge is 2.26. The summed E-state index contributed by atoms with van der Waals surface area (Å²) in [6.45, 7) is 7.34. The van der Waals surface area contributed by atoms with E-state index in [4.69, 9.17) is 11.6 Å². The fraction of sp³-hybridized carbons (Fsp3) is 0.571. The van der Waals surface area contributed by atoms with Gasteiger partial charge in [-0.15, -0.1) is 0 Å². The Morgan fingerprint density at radius 1 is 1.33 bits per heavy atom. The van der Waals surface area contributed by atoms with Gasteiger partial charge in [0.25, 0.3) is 0 Å². The first-order valence-corrected chi connectivity index (χ1v) is 6.77. The molecule has 2 rings (SSSR count). The number of benzene rings is 1. The standard InChI is InChI=1S/C14H20ClFN2/c1-10(2)14-9-18(7-6-17(14)3)11-4-5-12(15)13(16)8-11/h4-5,8,10,14H,6-7,9H2,1-3H3/t14-/m1/s1. The molecular weight excluding hydrogens is 251 g/mol. The molecule has 0 amide bonds. The van der Waals surface area contributed by atoms with Crippen LogP contribution in [-0.4, -0.2) is 37.6 Å². The van der Waals surface area contributed by atoms with Gasteiger partial charge in [0.15, 0.2) is 0 Å². The lowest BCUT2D eigenvalue weighted by molar-refractivity contribution is 0.173. The molecule has 100 valence electrons. The lowest BCUT2D eigenvalue weighted by Crippen LogP contribution is -2.53. The number of hydrogen-bond acceptors (Lipinski definition) is 2. The largest absolute Gasteiger partial charge is 0.369 e. The van der Waals surface area contributed by atoms with E-state index >= 15 is 0 Å². The van der Waals surface area contributed by atoms with Crippen molar-refractivity contribution >= 4 is 17.3 Å². The molecule has 18 heavy (non-hydrogen) atoms. The zero-order valence-electron chi connectivity index (χ0n) is 11.2. The second-order valence-electron chi connectivity index (χ2n) is 5.34. The van der Waals surface area contributed by atoms with Crippen LogP contribution in [-0.2, 0) is 0 Å². The number of likely N-dealkylation sites (N-methyl/N-ethyl adjacent to an activating group) is 1. The van der Waals surface area contributed by atoms with E-state index in [2.05, 4.69) is 30.7 Å². The van der Waals surface area contributed by atoms with Gasteiger partial charge in [-0.3, -0.25) is 4.90 Å². The fourth-order valence-electron chi connectivity index (χ4n) is 2.54. The van der Waals surface area contributed by atoms with Crippen LogP contribution in [0.1, 0.15) is 13.8 Å². The number of rotatable bonds is 2. The summed E-state index contributed by atoms with van der Waals surface area (Å²) >= 11 is 5.72. The van der Waals surface area contributed by atoms with Gasteiger partial charge in [0.1, 0.15) is 5.82 Å². The molecule has 0 aliphatic carbocycles. The number of halogens is 2. The summed E-state index contributed by atoms with van der Waals surface area (Å²) in [7, 11) is 2.16. The summed E-state index contributed by atoms with van der Waals surface area (Å²) in [4.78, 5) is 4.62. The summed E-state index contributed by atoms with van der Waals surface area (Å²) in [5.74, 6) is 0.254. The Bertz CT molecular complexity index is 422. The molecule has 1 aliphatic heterocycles. The third-order valence-corrected chi connectivity index (χ3v) is 4.04. The molecule has 0 bridgehead atoms. The van der Waals surface area contributed by atoms with Gasteiger partial charge in [0, 0.05) is 31.4 Å². The molecule has 1 fully saturated rings. The van der Waals surface area contributed by atoms with Gasteiger partial charge in [-0.1, -0.05) is 25.4 Å². The summed E-state index contributed by atoms with van der Waals surface area (Å²) in [5, 5.41) is 0.188. The van der Waals surface area contributed by atoms with E-state index in [0.717, 1.165) is 25.3 Å². The predicted molar refractivity (Wildman–Crippen MR) is 74.9 cm³/mol. The van der Waals surface area contributed by atoms with E-state index in [1.807, 2.05) is 6.07 Å². The van der Waals surface area contributed by atoms with E-state index in [9.17, 15) is 4.39 Å². The highest BCUT2D eigenvalue weighted by molar-refractivity contribution is 6.30. The topological polar surface area (TPSA) is 6.48 Å². The van der Waals surface area contributed by atoms with Gasteiger partial charge in [-0.25, -0.2) is 4.39 Å². The third kappa shape index (κ3) is 2.78. The fourth-order valence-corrected chi connectivity index (χ4v) is 2.65. The van der Waals surface area contributed by atoms with Crippen molar-refractivity contribution in [2.45, 2.75) is 19.9 Å². The zero-order chi connectivity index (χ0) is 13.3. The summed E-state index contributed by atoms with van der Waals surface area (Å²) < 4.78 is 13.5. The Balaban J connectivity index is 2.16. The molecular formula is C14H20ClFN2. The summed E-state index contributed by atoms with van der Waals surface area (Å²) in [6.07, 6.45) is 0. The first-order chi connectivity index (χ1) is 8.49. The molecule has 0 radical (unpaired) electrons. The number of anilines is 1. The molecule has 0 N–H and O–H groups in total. The Hall–Kier alpha value is -0.800. The lowest BCUT2D eigenvalue weighted by Gasteiger charge is -2.42. The minimum atomic E-state index is -0.339. The Kier molecular flexibility index (Phi) is 4.13. The van der Waals surface area contributed by atoms with Crippen LogP contribution in [0.25, 0.3) is 0 Å². The van der Waals surface area contributed by atoms with Crippen molar-refractivity contribution in [3.8, 4) is 0 Å². The van der Waals surface area contributed by atoms with Crippen molar-refractivity contribution in [1.29, 1.82) is 0 Å². The van der Waals surface area contributed by atoms with E-state index in [1.165, 1.54) is 6.07 Å². The minimum Gasteiger partial charge on any atom is -0.369 e. The van der Waals surface area contributed by atoms with Crippen LogP contribution in [0.4, 0.5) is 10.1 Å². The number of hydrogen-bond donors (Lipinski definition) is 0. The molecule has 1 aliphatic rings. The van der Waals surface area contributed by atoms with Crippen LogP contribution in [0.5, 0.6) is 0 Å². The maximum atomic E-state index is 13.5. The van der Waals surface area contributed by atoms with E-state index in [-0.39, 0.29) is 10.8 Å². The molecule has 0 aromatic heterocycles. The van der Waals surface area contributed by atoms with Gasteiger partial charge in [0.2, 0.25) is 0 Å². The third-order valence-electron chi connectivity index (χ3n) is 3.73. The Morgan fingerprint density at radius 3 is 2.67 bits per heavy atom. The number of piperazine rings is 1. The Morgan fingerprint density at radius 2 is 2.06 bits per heavy atom. The van der Waals surface area contributed by atoms with Gasteiger partial charge < -0.3 is 4.90 Å². The highest BCUT2D eigenvalue weighted by atomic mass is 35.5. The average molecular weight is 271 g/mol. The van der Waals surface area contributed by atoms with Crippen LogP contribution in [0, 0.1) is 11.7 Å². The molecule has 1 aromatic carbocycles. The molecule has 2 nitrogen and oxygen atoms in total. The van der Waals surface area contributed by atoms with Gasteiger partial charge in [0.05, 0.1) is 5.02 Å². The zero-order valence-corrected chi connectivity index (χ0v) is 11.9. The monoisotopic (exact) mass is 270 g/mol. The van der Waals surface area contributed by atoms with Gasteiger partial charge in [-0.2, -0.15) is 0 Å². The quantitative estimate of drug-likeness (QED) is 0.814. The van der Waals surface area contributed by atoms with Crippen molar-refractivity contribution in [2.24, 2.45) is 5.92 Å². The van der Waals surface area contributed by atoms with Crippen LogP contribution < -0.4 is 4.90 Å². The highest BCUT2D eigenvalue weighted by Crippen LogP contribution is 2.25. The molecule has 4 heteroatoms. The van der Waals surface area contributed by atoms with E-state index in [0.29, 0.717) is 12.0 Å². The molecule has 0 spiro atoms. The smallest absolute Gasteiger partial charge is 0.143 e. The first-order valence-electron chi connectivity index (χ1n) is 6.39. The molecule has 1 aromatic rings. The predicted octanol–water partition coefficient (Wildman–Crippen LogP) is 3.26. The number of nitrogens with zero attached hydrogens (tertiary/aromatic N) is 2. The van der Waals surface area contributed by atoms with Crippen molar-refractivity contribution in [3.05, 3.63) is 29.0 Å². The molecule has 1 heterocycles. The Labute approximate surface area is 113 Å². The van der Waals surface area contributed by atoms with Crippen molar-refractivity contribution in [3.63, 3.8) is 0 Å². The maximum Gasteiger partial charge on any atom is 0.143 e. The van der Waals surface area contributed by atoms with Gasteiger partial charge >= 0.3 is 0 Å². The maximum absolute atomic E-state index is 13.5.